The molecule has 0 unspecified atom stereocenters. The van der Waals surface area contributed by atoms with Crippen molar-refractivity contribution in [3.8, 4) is 11.1 Å². The van der Waals surface area contributed by atoms with Gasteiger partial charge in [0.05, 0.1) is 28.9 Å². The molecule has 1 atom stereocenters. The molecule has 4 aromatic rings. The predicted molar refractivity (Wildman–Crippen MR) is 144 cm³/mol. The second-order valence-electron chi connectivity index (χ2n) is 10.6. The number of aryl methyl sites for hydroxylation is 1. The highest BCUT2D eigenvalue weighted by atomic mass is 19.1. The van der Waals surface area contributed by atoms with E-state index in [1.807, 2.05) is 22.8 Å². The van der Waals surface area contributed by atoms with E-state index in [4.69, 9.17) is 9.72 Å². The van der Waals surface area contributed by atoms with Gasteiger partial charge in [0.1, 0.15) is 11.6 Å². The van der Waals surface area contributed by atoms with Gasteiger partial charge in [-0.15, -0.1) is 0 Å². The largest absolute Gasteiger partial charge is 0.381 e. The van der Waals surface area contributed by atoms with Crippen LogP contribution in [0.15, 0.2) is 41.5 Å². The summed E-state index contributed by atoms with van der Waals surface area (Å²) in [5.41, 5.74) is 3.14. The van der Waals surface area contributed by atoms with Crippen LogP contribution in [0, 0.1) is 5.82 Å². The van der Waals surface area contributed by atoms with Crippen molar-refractivity contribution >= 4 is 27.8 Å². The molecule has 1 aliphatic heterocycles. The van der Waals surface area contributed by atoms with Gasteiger partial charge in [-0.3, -0.25) is 14.1 Å². The number of halogens is 1. The molecule has 194 valence electrons. The fraction of sp³-hybridized carbons (Fsp3) is 0.464. The molecule has 0 bridgehead atoms. The molecule has 0 radical (unpaired) electrons. The third kappa shape index (κ3) is 4.01. The summed E-state index contributed by atoms with van der Waals surface area (Å²) >= 11 is 0. The van der Waals surface area contributed by atoms with Crippen molar-refractivity contribution in [2.45, 2.75) is 43.9 Å². The number of anilines is 1. The smallest absolute Gasteiger partial charge is 0.329 e. The molecule has 6 rings (SSSR count). The maximum Gasteiger partial charge on any atom is 0.329 e. The van der Waals surface area contributed by atoms with Crippen molar-refractivity contribution in [2.75, 3.05) is 39.2 Å². The van der Waals surface area contributed by atoms with Gasteiger partial charge in [0.25, 0.3) is 0 Å². The molecule has 1 aromatic carbocycles. The van der Waals surface area contributed by atoms with Crippen LogP contribution < -0.4 is 10.6 Å². The monoisotopic (exact) mass is 504 g/mol. The highest BCUT2D eigenvalue weighted by Crippen LogP contribution is 2.38. The van der Waals surface area contributed by atoms with E-state index in [0.717, 1.165) is 54.6 Å². The number of aromatic nitrogens is 4. The number of hydrogen-bond acceptors (Lipinski definition) is 6. The van der Waals surface area contributed by atoms with Gasteiger partial charge in [-0.1, -0.05) is 0 Å². The number of ether oxygens (including phenoxy) is 1. The van der Waals surface area contributed by atoms with Crippen LogP contribution in [0.4, 0.5) is 10.2 Å². The van der Waals surface area contributed by atoms with Gasteiger partial charge in [0.15, 0.2) is 0 Å². The first-order chi connectivity index (χ1) is 17.9. The van der Waals surface area contributed by atoms with Crippen LogP contribution in [0.2, 0.25) is 0 Å². The molecule has 37 heavy (non-hydrogen) atoms. The zero-order chi connectivity index (χ0) is 25.8. The van der Waals surface area contributed by atoms with Crippen molar-refractivity contribution in [3.63, 3.8) is 0 Å². The SMILES string of the molecule is COC1CC(n2c(=O)n(C)c3cnc4cc(F)c(-c5ccc(N6CCC[C@@H](N(C)C)C6)nc5)cc4c32)C1. The molecule has 0 amide bonds. The Labute approximate surface area is 215 Å². The summed E-state index contributed by atoms with van der Waals surface area (Å²) in [7, 11) is 7.69. The third-order valence-corrected chi connectivity index (χ3v) is 8.28. The van der Waals surface area contributed by atoms with Gasteiger partial charge in [-0.05, 0) is 58.0 Å². The highest BCUT2D eigenvalue weighted by molar-refractivity contribution is 6.04. The Bertz CT molecular complexity index is 1520. The Kier molecular flexibility index (Phi) is 6.00. The lowest BCUT2D eigenvalue weighted by molar-refractivity contribution is 0.00635. The minimum absolute atomic E-state index is 0.0525. The van der Waals surface area contributed by atoms with Crippen molar-refractivity contribution < 1.29 is 9.13 Å². The number of likely N-dealkylation sites (N-methyl/N-ethyl adjacent to an activating group) is 1. The average Bonchev–Trinajstić information content (AvgIpc) is 3.13. The number of pyridine rings is 2. The minimum atomic E-state index is -0.354. The van der Waals surface area contributed by atoms with Crippen LogP contribution >= 0.6 is 0 Å². The quantitative estimate of drug-likeness (QED) is 0.410. The van der Waals surface area contributed by atoms with Gasteiger partial charge >= 0.3 is 5.69 Å². The summed E-state index contributed by atoms with van der Waals surface area (Å²) in [6.45, 7) is 1.91. The van der Waals surface area contributed by atoms with Crippen molar-refractivity contribution in [1.82, 2.24) is 24.0 Å². The summed E-state index contributed by atoms with van der Waals surface area (Å²) in [5.74, 6) is 0.558. The molecule has 4 heterocycles. The van der Waals surface area contributed by atoms with E-state index in [0.29, 0.717) is 22.7 Å². The fourth-order valence-electron chi connectivity index (χ4n) is 5.87. The summed E-state index contributed by atoms with van der Waals surface area (Å²) in [4.78, 5) is 27.0. The van der Waals surface area contributed by atoms with E-state index in [1.165, 1.54) is 12.5 Å². The Hall–Kier alpha value is -3.30. The molecule has 3 aromatic heterocycles. The fourth-order valence-corrected chi connectivity index (χ4v) is 5.87. The van der Waals surface area contributed by atoms with E-state index in [9.17, 15) is 4.79 Å². The lowest BCUT2D eigenvalue weighted by Gasteiger charge is -2.36. The van der Waals surface area contributed by atoms with Gasteiger partial charge in [0, 0.05) is 68.1 Å². The van der Waals surface area contributed by atoms with Crippen LogP contribution in [0.1, 0.15) is 31.7 Å². The molecule has 1 aliphatic carbocycles. The van der Waals surface area contributed by atoms with E-state index >= 15 is 4.39 Å². The number of nitrogens with zero attached hydrogens (tertiary/aromatic N) is 6. The number of methoxy groups -OCH3 is 1. The molecule has 0 spiro atoms. The van der Waals surface area contributed by atoms with Crippen LogP contribution in [-0.2, 0) is 11.8 Å². The van der Waals surface area contributed by atoms with Crippen LogP contribution in [0.3, 0.4) is 0 Å². The molecule has 9 heteroatoms. The first-order valence-electron chi connectivity index (χ1n) is 13.0. The summed E-state index contributed by atoms with van der Waals surface area (Å²) in [6, 6.07) is 7.76. The van der Waals surface area contributed by atoms with E-state index < -0.39 is 0 Å². The second kappa shape index (κ2) is 9.22. The topological polar surface area (TPSA) is 68.4 Å². The Balaban J connectivity index is 1.41. The van der Waals surface area contributed by atoms with E-state index in [1.54, 1.807) is 31.1 Å². The Morgan fingerprint density at radius 3 is 2.65 bits per heavy atom. The zero-order valence-electron chi connectivity index (χ0n) is 21.8. The third-order valence-electron chi connectivity index (χ3n) is 8.28. The number of rotatable bonds is 5. The summed E-state index contributed by atoms with van der Waals surface area (Å²) in [5, 5.41) is 0.765. The zero-order valence-corrected chi connectivity index (χ0v) is 21.8. The molecular weight excluding hydrogens is 471 g/mol. The lowest BCUT2D eigenvalue weighted by Crippen LogP contribution is -2.45. The number of fused-ring (bicyclic) bond motifs is 3. The van der Waals surface area contributed by atoms with Gasteiger partial charge in [0.2, 0.25) is 0 Å². The average molecular weight is 505 g/mol. The highest BCUT2D eigenvalue weighted by Gasteiger charge is 2.34. The van der Waals surface area contributed by atoms with Crippen LogP contribution in [0.25, 0.3) is 33.1 Å². The van der Waals surface area contributed by atoms with Gasteiger partial charge < -0.3 is 14.5 Å². The molecule has 1 saturated heterocycles. The predicted octanol–water partition coefficient (Wildman–Crippen LogP) is 3.97. The lowest BCUT2D eigenvalue weighted by atomic mass is 9.89. The standard InChI is InChI=1S/C28H33FN6O2/c1-32(2)18-6-5-9-34(16-18)26-8-7-17(14-31-26)21-12-22-24(13-23(21)29)30-15-25-27(22)35(28(36)33(25)3)19-10-20(11-19)37-4/h7-8,12-15,18-20H,5-6,9-11,16H2,1-4H3/t18-,19?,20?/m1/s1. The molecule has 0 N–H and O–H groups in total. The number of imidazole rings is 1. The van der Waals surface area contributed by atoms with E-state index in [2.05, 4.69) is 28.9 Å². The summed E-state index contributed by atoms with van der Waals surface area (Å²) < 4.78 is 24.3. The Morgan fingerprint density at radius 1 is 1.14 bits per heavy atom. The minimum Gasteiger partial charge on any atom is -0.381 e. The molecular formula is C28H33FN6O2. The van der Waals surface area contributed by atoms with Crippen molar-refractivity contribution in [2.24, 2.45) is 7.05 Å². The van der Waals surface area contributed by atoms with Crippen LogP contribution in [0.5, 0.6) is 0 Å². The van der Waals surface area contributed by atoms with Crippen molar-refractivity contribution in [1.29, 1.82) is 0 Å². The van der Waals surface area contributed by atoms with Crippen molar-refractivity contribution in [3.05, 3.63) is 53.0 Å². The maximum atomic E-state index is 15.3. The number of hydrogen-bond donors (Lipinski definition) is 0. The Morgan fingerprint density at radius 2 is 1.95 bits per heavy atom. The number of benzene rings is 1. The molecule has 2 aliphatic rings. The molecule has 1 saturated carbocycles. The normalized spacial score (nSPS) is 22.2. The first-order valence-corrected chi connectivity index (χ1v) is 13.0. The van der Waals surface area contributed by atoms with Crippen LogP contribution in [-0.4, -0.2) is 70.4 Å². The maximum absolute atomic E-state index is 15.3. The second-order valence-corrected chi connectivity index (χ2v) is 10.6. The number of piperidine rings is 1. The molecule has 2 fully saturated rings. The van der Waals surface area contributed by atoms with E-state index in [-0.39, 0.29) is 23.7 Å². The van der Waals surface area contributed by atoms with Gasteiger partial charge in [-0.25, -0.2) is 14.2 Å². The summed E-state index contributed by atoms with van der Waals surface area (Å²) in [6.07, 6.45) is 7.44. The molecule has 8 nitrogen and oxygen atoms in total. The first kappa shape index (κ1) is 24.1. The van der Waals surface area contributed by atoms with Gasteiger partial charge in [-0.2, -0.15) is 0 Å².